The molecular formula is C34H31N3O11. The maximum atomic E-state index is 14.1. The molecule has 5 N–H and O–H groups in total. The number of esters is 1. The number of aromatic nitrogens is 1. The third-order valence-corrected chi connectivity index (χ3v) is 9.78. The van der Waals surface area contributed by atoms with Crippen molar-refractivity contribution in [3.63, 3.8) is 0 Å². The van der Waals surface area contributed by atoms with Crippen molar-refractivity contribution in [2.75, 3.05) is 12.4 Å². The number of hydrogen-bond donors (Lipinski definition) is 4. The highest BCUT2D eigenvalue weighted by molar-refractivity contribution is 6.32. The number of fused-ring (bicyclic) bond motifs is 3. The van der Waals surface area contributed by atoms with Crippen LogP contribution in [0.4, 0.5) is 5.69 Å². The van der Waals surface area contributed by atoms with E-state index in [1.165, 1.54) is 49.7 Å². The number of ketones is 4. The molecule has 2 saturated carbocycles. The molecule has 0 saturated heterocycles. The minimum absolute atomic E-state index is 0.00243. The summed E-state index contributed by atoms with van der Waals surface area (Å²) in [6.07, 6.45) is 1.19. The van der Waals surface area contributed by atoms with E-state index >= 15 is 0 Å². The summed E-state index contributed by atoms with van der Waals surface area (Å²) in [6.45, 7) is 3.33. The summed E-state index contributed by atoms with van der Waals surface area (Å²) in [4.78, 5) is 92.8. The largest absolute Gasteiger partial charge is 0.507 e. The molecule has 248 valence electrons. The average molecular weight is 658 g/mol. The summed E-state index contributed by atoms with van der Waals surface area (Å²) < 4.78 is 9.81. The molecule has 0 aliphatic heterocycles. The molecule has 0 spiro atoms. The van der Waals surface area contributed by atoms with Gasteiger partial charge in [-0.1, -0.05) is 25.1 Å². The summed E-state index contributed by atoms with van der Waals surface area (Å²) in [5, 5.41) is 28.9. The zero-order valence-corrected chi connectivity index (χ0v) is 26.0. The van der Waals surface area contributed by atoms with Crippen LogP contribution in [0.15, 0.2) is 47.1 Å². The quantitative estimate of drug-likeness (QED) is 0.220. The molecule has 3 aliphatic rings. The fourth-order valence-corrected chi connectivity index (χ4v) is 7.74. The lowest BCUT2D eigenvalue weighted by Gasteiger charge is -2.52. The Morgan fingerprint density at radius 3 is 2.44 bits per heavy atom. The monoisotopic (exact) mass is 657 g/mol. The smallest absolute Gasteiger partial charge is 0.337 e. The van der Waals surface area contributed by atoms with Gasteiger partial charge in [0.2, 0.25) is 11.7 Å². The number of phenols is 1. The minimum Gasteiger partial charge on any atom is -0.507 e. The van der Waals surface area contributed by atoms with Crippen molar-refractivity contribution in [2.24, 2.45) is 41.2 Å². The third-order valence-electron chi connectivity index (χ3n) is 9.78. The van der Waals surface area contributed by atoms with Crippen LogP contribution in [0.1, 0.15) is 57.1 Å². The highest BCUT2D eigenvalue weighted by Crippen LogP contribution is 2.53. The van der Waals surface area contributed by atoms with E-state index in [4.69, 9.17) is 15.0 Å². The van der Waals surface area contributed by atoms with Crippen LogP contribution < -0.4 is 11.1 Å². The molecule has 1 aromatic heterocycles. The van der Waals surface area contributed by atoms with Crippen molar-refractivity contribution in [1.82, 2.24) is 5.16 Å². The Bertz CT molecular complexity index is 1930. The number of nitrogens with two attached hydrogens (primary N) is 1. The van der Waals surface area contributed by atoms with Crippen LogP contribution in [0.3, 0.4) is 0 Å². The number of hydrogen-bond acceptors (Lipinski definition) is 12. The Morgan fingerprint density at radius 2 is 1.81 bits per heavy atom. The van der Waals surface area contributed by atoms with Gasteiger partial charge in [0, 0.05) is 23.6 Å². The van der Waals surface area contributed by atoms with Crippen molar-refractivity contribution in [1.29, 1.82) is 0 Å². The topological polar surface area (TPSA) is 233 Å². The number of Topliss-reactive ketones (excluding diaryl/α,β-unsaturated/α-hetero) is 4. The van der Waals surface area contributed by atoms with E-state index in [1.54, 1.807) is 13.8 Å². The van der Waals surface area contributed by atoms with Gasteiger partial charge in [-0.25, -0.2) is 4.79 Å². The Balaban J connectivity index is 1.46. The number of phenolic OH excluding ortho intramolecular Hbond substituents is 1. The minimum atomic E-state index is -2.81. The number of benzene rings is 2. The Kier molecular flexibility index (Phi) is 7.86. The SMILES string of the molecule is COC(=O)c1cc(NC(=O)c2ccno2)cc(-c2ccc(O)c3c2C[C@H]2C[C@H]4[C@H](C(C)C)C(=O)C(C(N)=O)C(=O)[C@@]4(O)C(=O)C2C3=O)c1. The summed E-state index contributed by atoms with van der Waals surface area (Å²) in [5.74, 6) is -14.5. The lowest BCUT2D eigenvalue weighted by atomic mass is 9.49. The molecule has 48 heavy (non-hydrogen) atoms. The van der Waals surface area contributed by atoms with Crippen LogP contribution in [0.5, 0.6) is 5.75 Å². The number of amides is 2. The average Bonchev–Trinajstić information content (AvgIpc) is 3.57. The lowest BCUT2D eigenvalue weighted by Crippen LogP contribution is -2.71. The highest BCUT2D eigenvalue weighted by Gasteiger charge is 2.69. The molecule has 2 amide bonds. The number of primary amides is 1. The van der Waals surface area contributed by atoms with Crippen molar-refractivity contribution in [2.45, 2.75) is 32.3 Å². The molecule has 3 aromatic rings. The maximum absolute atomic E-state index is 14.1. The van der Waals surface area contributed by atoms with E-state index in [0.29, 0.717) is 16.7 Å². The second kappa shape index (κ2) is 11.6. The standard InChI is InChI=1S/C34H31N3O11/c1-13(2)23-20-12-15-11-19-18(14-8-16(33(45)47-3)10-17(9-14)37-32(44)22-6-7-36-48-22)4-5-21(38)25(19)28(40)24(15)29(41)34(20,46)30(42)26(27(23)39)31(35)43/h4-10,13,15,20,23-24,26,38,46H,11-12H2,1-3H3,(H2,35,43)(H,37,44)/t15-,20-,23-,24?,26?,34-/m0/s1. The molecule has 6 rings (SSSR count). The number of nitrogens with zero attached hydrogens (tertiary/aromatic N) is 1. The molecule has 1 heterocycles. The zero-order chi connectivity index (χ0) is 34.8. The Morgan fingerprint density at radius 1 is 1.08 bits per heavy atom. The third kappa shape index (κ3) is 4.82. The van der Waals surface area contributed by atoms with E-state index in [9.17, 15) is 43.8 Å². The van der Waals surface area contributed by atoms with Crippen LogP contribution in [-0.4, -0.2) is 69.0 Å². The Labute approximate surface area is 272 Å². The molecule has 0 radical (unpaired) electrons. The first kappa shape index (κ1) is 32.4. The van der Waals surface area contributed by atoms with E-state index in [2.05, 4.69) is 10.5 Å². The van der Waals surface area contributed by atoms with Crippen molar-refractivity contribution in [3.8, 4) is 16.9 Å². The van der Waals surface area contributed by atoms with Crippen molar-refractivity contribution < 1.29 is 53.0 Å². The van der Waals surface area contributed by atoms with Crippen LogP contribution in [-0.2, 0) is 30.3 Å². The number of aromatic hydroxyl groups is 1. The number of aliphatic hydroxyl groups is 1. The predicted molar refractivity (Wildman–Crippen MR) is 163 cm³/mol. The molecule has 14 heteroatoms. The van der Waals surface area contributed by atoms with Crippen LogP contribution in [0.25, 0.3) is 11.1 Å². The predicted octanol–water partition coefficient (Wildman–Crippen LogP) is 1.90. The van der Waals surface area contributed by atoms with Gasteiger partial charge in [-0.05, 0) is 65.6 Å². The fraction of sp³-hybridized carbons (Fsp3) is 0.353. The first-order chi connectivity index (χ1) is 22.7. The van der Waals surface area contributed by atoms with Crippen LogP contribution in [0, 0.1) is 35.5 Å². The van der Waals surface area contributed by atoms with Gasteiger partial charge in [-0.2, -0.15) is 0 Å². The van der Waals surface area contributed by atoms with Gasteiger partial charge in [0.05, 0.1) is 30.4 Å². The maximum Gasteiger partial charge on any atom is 0.337 e. The van der Waals surface area contributed by atoms with E-state index in [-0.39, 0.29) is 35.4 Å². The lowest BCUT2D eigenvalue weighted by molar-refractivity contribution is -0.182. The number of carbonyl (C=O) groups excluding carboxylic acids is 7. The number of ether oxygens (including phenoxy) is 1. The zero-order valence-electron chi connectivity index (χ0n) is 26.0. The molecule has 2 fully saturated rings. The van der Waals surface area contributed by atoms with Gasteiger partial charge < -0.3 is 30.5 Å². The van der Waals surface area contributed by atoms with Gasteiger partial charge >= 0.3 is 5.97 Å². The van der Waals surface area contributed by atoms with Gasteiger partial charge in [0.25, 0.3) is 5.91 Å². The molecule has 2 aromatic carbocycles. The first-order valence-electron chi connectivity index (χ1n) is 15.2. The molecule has 14 nitrogen and oxygen atoms in total. The fourth-order valence-electron chi connectivity index (χ4n) is 7.74. The second-order valence-electron chi connectivity index (χ2n) is 12.8. The van der Waals surface area contributed by atoms with E-state index < -0.39 is 87.8 Å². The summed E-state index contributed by atoms with van der Waals surface area (Å²) in [6, 6.07) is 8.48. The first-order valence-corrected chi connectivity index (χ1v) is 15.2. The molecular weight excluding hydrogens is 626 g/mol. The Hall–Kier alpha value is -5.50. The number of methoxy groups -OCH3 is 1. The molecule has 6 atom stereocenters. The number of nitrogens with one attached hydrogen (secondary N) is 1. The molecule has 0 bridgehead atoms. The van der Waals surface area contributed by atoms with Gasteiger partial charge in [-0.15, -0.1) is 0 Å². The van der Waals surface area contributed by atoms with E-state index in [0.717, 1.165) is 0 Å². The molecule has 2 unspecified atom stereocenters. The van der Waals surface area contributed by atoms with Gasteiger partial charge in [0.15, 0.2) is 34.7 Å². The molecule has 3 aliphatic carbocycles. The van der Waals surface area contributed by atoms with Crippen LogP contribution in [0.2, 0.25) is 0 Å². The van der Waals surface area contributed by atoms with Crippen molar-refractivity contribution in [3.05, 3.63) is 65.0 Å². The summed E-state index contributed by atoms with van der Waals surface area (Å²) in [5.41, 5.74) is 3.62. The van der Waals surface area contributed by atoms with Gasteiger partial charge in [0.1, 0.15) is 5.75 Å². The summed E-state index contributed by atoms with van der Waals surface area (Å²) in [7, 11) is 1.18. The second-order valence-corrected chi connectivity index (χ2v) is 12.8. The van der Waals surface area contributed by atoms with Crippen molar-refractivity contribution >= 4 is 46.6 Å². The number of carbonyl (C=O) groups is 7. The summed E-state index contributed by atoms with van der Waals surface area (Å²) >= 11 is 0. The number of rotatable bonds is 6. The van der Waals surface area contributed by atoms with Crippen LogP contribution >= 0.6 is 0 Å². The van der Waals surface area contributed by atoms with E-state index in [1.807, 2.05) is 0 Å². The highest BCUT2D eigenvalue weighted by atomic mass is 16.5. The number of anilines is 1. The van der Waals surface area contributed by atoms with Gasteiger partial charge in [-0.3, -0.25) is 28.8 Å². The normalized spacial score (nSPS) is 26.4.